The van der Waals surface area contributed by atoms with Gasteiger partial charge in [0.2, 0.25) is 5.91 Å². The second-order valence-corrected chi connectivity index (χ2v) is 4.81. The van der Waals surface area contributed by atoms with Gasteiger partial charge >= 0.3 is 0 Å². The van der Waals surface area contributed by atoms with Crippen LogP contribution in [0.5, 0.6) is 0 Å². The maximum atomic E-state index is 11.0. The number of rotatable bonds is 5. The zero-order valence-electron chi connectivity index (χ0n) is 11.5. The molecule has 0 aliphatic heterocycles. The van der Waals surface area contributed by atoms with Gasteiger partial charge in [-0.15, -0.1) is 0 Å². The second-order valence-electron chi connectivity index (χ2n) is 4.40. The number of nitrogens with zero attached hydrogens (tertiary/aromatic N) is 2. The van der Waals surface area contributed by atoms with Gasteiger partial charge in [0, 0.05) is 25.4 Å². The van der Waals surface area contributed by atoms with Crippen molar-refractivity contribution >= 4 is 28.9 Å². The minimum atomic E-state index is -0.139. The van der Waals surface area contributed by atoms with E-state index in [1.165, 1.54) is 6.92 Å². The maximum absolute atomic E-state index is 11.0. The fraction of sp³-hybridized carbons (Fsp3) is 0.286. The molecule has 2 N–H and O–H groups in total. The molecule has 0 aliphatic carbocycles. The highest BCUT2D eigenvalue weighted by Gasteiger charge is 2.04. The van der Waals surface area contributed by atoms with Crippen LogP contribution in [0.25, 0.3) is 0 Å². The van der Waals surface area contributed by atoms with E-state index in [1.54, 1.807) is 12.1 Å². The molecule has 0 aliphatic rings. The minimum Gasteiger partial charge on any atom is -0.379 e. The van der Waals surface area contributed by atoms with E-state index in [0.29, 0.717) is 17.3 Å². The topological polar surface area (TPSA) is 59.0 Å². The molecule has 0 saturated carbocycles. The summed E-state index contributed by atoms with van der Waals surface area (Å²) >= 11 is 6.12. The zero-order chi connectivity index (χ0) is 14.5. The Morgan fingerprint density at radius 1 is 1.45 bits per heavy atom. The number of amides is 1. The van der Waals surface area contributed by atoms with Crippen molar-refractivity contribution in [1.82, 2.24) is 9.55 Å². The van der Waals surface area contributed by atoms with Gasteiger partial charge in [-0.1, -0.05) is 11.6 Å². The van der Waals surface area contributed by atoms with Gasteiger partial charge < -0.3 is 15.2 Å². The lowest BCUT2D eigenvalue weighted by molar-refractivity contribution is -0.114. The number of halogens is 1. The average Bonchev–Trinajstić information content (AvgIpc) is 2.86. The van der Waals surface area contributed by atoms with Gasteiger partial charge in [0.15, 0.2) is 0 Å². The summed E-state index contributed by atoms with van der Waals surface area (Å²) in [5, 5.41) is 6.47. The SMILES string of the molecule is CCn1cncc1CNc1ccc(NC(C)=O)c(Cl)c1. The summed E-state index contributed by atoms with van der Waals surface area (Å²) in [4.78, 5) is 15.1. The first kappa shape index (κ1) is 14.4. The summed E-state index contributed by atoms with van der Waals surface area (Å²) in [6.07, 6.45) is 3.65. The highest BCUT2D eigenvalue weighted by atomic mass is 35.5. The van der Waals surface area contributed by atoms with Crippen LogP contribution in [-0.4, -0.2) is 15.5 Å². The molecular weight excluding hydrogens is 276 g/mol. The molecule has 0 radical (unpaired) electrons. The first-order valence-corrected chi connectivity index (χ1v) is 6.78. The van der Waals surface area contributed by atoms with Crippen LogP contribution in [0.2, 0.25) is 5.02 Å². The smallest absolute Gasteiger partial charge is 0.221 e. The number of nitrogens with one attached hydrogen (secondary N) is 2. The third-order valence-corrected chi connectivity index (χ3v) is 3.21. The molecule has 0 unspecified atom stereocenters. The lowest BCUT2D eigenvalue weighted by atomic mass is 10.2. The standard InChI is InChI=1S/C14H17ClN4O/c1-3-19-9-16-7-12(19)8-17-11-4-5-14(13(15)6-11)18-10(2)20/h4-7,9,17H,3,8H2,1-2H3,(H,18,20). The molecule has 0 atom stereocenters. The van der Waals surface area contributed by atoms with Gasteiger partial charge in [-0.05, 0) is 25.1 Å². The van der Waals surface area contributed by atoms with Gasteiger partial charge in [-0.25, -0.2) is 4.98 Å². The lowest BCUT2D eigenvalue weighted by Crippen LogP contribution is -2.08. The Hall–Kier alpha value is -2.01. The van der Waals surface area contributed by atoms with Crippen LogP contribution in [0, 0.1) is 0 Å². The number of aryl methyl sites for hydroxylation is 1. The van der Waals surface area contributed by atoms with Gasteiger partial charge in [-0.2, -0.15) is 0 Å². The Morgan fingerprint density at radius 2 is 2.25 bits per heavy atom. The molecule has 5 nitrogen and oxygen atoms in total. The molecule has 1 aromatic heterocycles. The Kier molecular flexibility index (Phi) is 4.63. The molecular formula is C14H17ClN4O. The Balaban J connectivity index is 2.03. The van der Waals surface area contributed by atoms with Crippen molar-refractivity contribution in [2.75, 3.05) is 10.6 Å². The van der Waals surface area contributed by atoms with Crippen LogP contribution in [0.15, 0.2) is 30.7 Å². The van der Waals surface area contributed by atoms with Crippen LogP contribution >= 0.6 is 11.6 Å². The van der Waals surface area contributed by atoms with E-state index in [4.69, 9.17) is 11.6 Å². The third kappa shape index (κ3) is 3.51. The minimum absolute atomic E-state index is 0.139. The van der Waals surface area contributed by atoms with Crippen LogP contribution in [0.3, 0.4) is 0 Å². The number of imidazole rings is 1. The summed E-state index contributed by atoms with van der Waals surface area (Å²) in [6.45, 7) is 5.08. The zero-order valence-corrected chi connectivity index (χ0v) is 12.2. The summed E-state index contributed by atoms with van der Waals surface area (Å²) in [6, 6.07) is 5.45. The van der Waals surface area contributed by atoms with Gasteiger partial charge in [0.05, 0.1) is 29.3 Å². The van der Waals surface area contributed by atoms with Crippen molar-refractivity contribution in [3.8, 4) is 0 Å². The number of carbonyl (C=O) groups excluding carboxylic acids is 1. The van der Waals surface area contributed by atoms with E-state index in [1.807, 2.05) is 18.6 Å². The predicted molar refractivity (Wildman–Crippen MR) is 81.0 cm³/mol. The average molecular weight is 293 g/mol. The molecule has 2 aromatic rings. The van der Waals surface area contributed by atoms with Crippen molar-refractivity contribution in [3.63, 3.8) is 0 Å². The maximum Gasteiger partial charge on any atom is 0.221 e. The van der Waals surface area contributed by atoms with Crippen molar-refractivity contribution < 1.29 is 4.79 Å². The molecule has 0 fully saturated rings. The van der Waals surface area contributed by atoms with Gasteiger partial charge in [-0.3, -0.25) is 4.79 Å². The number of benzene rings is 1. The summed E-state index contributed by atoms with van der Waals surface area (Å²) in [5.41, 5.74) is 2.62. The normalized spacial score (nSPS) is 10.3. The van der Waals surface area contributed by atoms with E-state index >= 15 is 0 Å². The lowest BCUT2D eigenvalue weighted by Gasteiger charge is -2.10. The van der Waals surface area contributed by atoms with Crippen LogP contribution in [0.4, 0.5) is 11.4 Å². The molecule has 1 aromatic carbocycles. The fourth-order valence-electron chi connectivity index (χ4n) is 1.89. The van der Waals surface area contributed by atoms with E-state index in [2.05, 4.69) is 27.1 Å². The monoisotopic (exact) mass is 292 g/mol. The van der Waals surface area contributed by atoms with Gasteiger partial charge in [0.1, 0.15) is 0 Å². The highest BCUT2D eigenvalue weighted by Crippen LogP contribution is 2.25. The molecule has 0 saturated heterocycles. The van der Waals surface area contributed by atoms with E-state index in [9.17, 15) is 4.79 Å². The number of aromatic nitrogens is 2. The first-order valence-electron chi connectivity index (χ1n) is 6.40. The Bertz CT molecular complexity index is 609. The van der Waals surface area contributed by atoms with E-state index in [-0.39, 0.29) is 5.91 Å². The molecule has 0 bridgehead atoms. The van der Waals surface area contributed by atoms with E-state index in [0.717, 1.165) is 17.9 Å². The molecule has 2 rings (SSSR count). The number of hydrogen-bond acceptors (Lipinski definition) is 3. The number of anilines is 2. The molecule has 0 spiro atoms. The molecule has 1 amide bonds. The van der Waals surface area contributed by atoms with Crippen LogP contribution < -0.4 is 10.6 Å². The van der Waals surface area contributed by atoms with Crippen molar-refractivity contribution in [1.29, 1.82) is 0 Å². The van der Waals surface area contributed by atoms with Gasteiger partial charge in [0.25, 0.3) is 0 Å². The number of carbonyl (C=O) groups is 1. The summed E-state index contributed by atoms with van der Waals surface area (Å²) in [5.74, 6) is -0.139. The fourth-order valence-corrected chi connectivity index (χ4v) is 2.12. The van der Waals surface area contributed by atoms with Crippen molar-refractivity contribution in [2.24, 2.45) is 0 Å². The van der Waals surface area contributed by atoms with Crippen LogP contribution in [0.1, 0.15) is 19.5 Å². The summed E-state index contributed by atoms with van der Waals surface area (Å²) in [7, 11) is 0. The Labute approximate surface area is 123 Å². The third-order valence-electron chi connectivity index (χ3n) is 2.89. The second kappa shape index (κ2) is 6.43. The van der Waals surface area contributed by atoms with Crippen LogP contribution in [-0.2, 0) is 17.9 Å². The van der Waals surface area contributed by atoms with E-state index < -0.39 is 0 Å². The number of hydrogen-bond donors (Lipinski definition) is 2. The summed E-state index contributed by atoms with van der Waals surface area (Å²) < 4.78 is 2.07. The Morgan fingerprint density at radius 3 is 2.90 bits per heavy atom. The first-order chi connectivity index (χ1) is 9.60. The quantitative estimate of drug-likeness (QED) is 0.890. The molecule has 6 heteroatoms. The van der Waals surface area contributed by atoms with Crippen molar-refractivity contribution in [2.45, 2.75) is 26.9 Å². The van der Waals surface area contributed by atoms with Crippen molar-refractivity contribution in [3.05, 3.63) is 41.4 Å². The highest BCUT2D eigenvalue weighted by molar-refractivity contribution is 6.34. The predicted octanol–water partition coefficient (Wildman–Crippen LogP) is 3.13. The largest absolute Gasteiger partial charge is 0.379 e. The molecule has 1 heterocycles. The molecule has 106 valence electrons. The molecule has 20 heavy (non-hydrogen) atoms.